The number of rotatable bonds is 5. The van der Waals surface area contributed by atoms with Gasteiger partial charge in [0.05, 0.1) is 0 Å². The number of thiazole rings is 1. The molecule has 2 heterocycles. The number of hydrogen-bond acceptors (Lipinski definition) is 4. The number of anilines is 1. The van der Waals surface area contributed by atoms with Gasteiger partial charge in [0.25, 0.3) is 5.56 Å². The van der Waals surface area contributed by atoms with Crippen molar-refractivity contribution < 1.29 is 4.79 Å². The van der Waals surface area contributed by atoms with Gasteiger partial charge in [-0.3, -0.25) is 9.59 Å². The number of aromatic nitrogens is 2. The van der Waals surface area contributed by atoms with Crippen LogP contribution in [-0.4, -0.2) is 15.5 Å². The summed E-state index contributed by atoms with van der Waals surface area (Å²) in [6.45, 7) is -0.0388. The zero-order valence-corrected chi connectivity index (χ0v) is 14.2. The largest absolute Gasteiger partial charge is 0.306 e. The van der Waals surface area contributed by atoms with Gasteiger partial charge in [-0.25, -0.2) is 4.98 Å². The van der Waals surface area contributed by atoms with Crippen molar-refractivity contribution in [2.45, 2.75) is 13.0 Å². The van der Waals surface area contributed by atoms with Crippen LogP contribution < -0.4 is 10.9 Å². The Kier molecular flexibility index (Phi) is 5.08. The molecule has 0 aliphatic carbocycles. The van der Waals surface area contributed by atoms with Crippen molar-refractivity contribution in [3.8, 4) is 0 Å². The monoisotopic (exact) mass is 359 g/mol. The minimum atomic E-state index is -0.285. The zero-order valence-electron chi connectivity index (χ0n) is 12.6. The van der Waals surface area contributed by atoms with Crippen molar-refractivity contribution in [2.24, 2.45) is 0 Å². The minimum Gasteiger partial charge on any atom is -0.306 e. The van der Waals surface area contributed by atoms with Gasteiger partial charge in [0.1, 0.15) is 6.54 Å². The number of nitrogens with one attached hydrogen (secondary N) is 1. The van der Waals surface area contributed by atoms with E-state index in [2.05, 4.69) is 10.3 Å². The molecule has 0 saturated carbocycles. The molecule has 0 spiro atoms. The molecule has 0 radical (unpaired) electrons. The van der Waals surface area contributed by atoms with Crippen LogP contribution in [-0.2, 0) is 17.8 Å². The summed E-state index contributed by atoms with van der Waals surface area (Å²) in [6, 6.07) is 12.4. The molecule has 2 aromatic heterocycles. The maximum Gasteiger partial charge on any atom is 0.250 e. The molecule has 24 heavy (non-hydrogen) atoms. The van der Waals surface area contributed by atoms with E-state index in [0.29, 0.717) is 16.6 Å². The van der Waals surface area contributed by atoms with Crippen LogP contribution in [0.1, 0.15) is 10.4 Å². The van der Waals surface area contributed by atoms with Crippen LogP contribution in [0.2, 0.25) is 5.02 Å². The second-order valence-electron chi connectivity index (χ2n) is 5.15. The number of carbonyl (C=O) groups excluding carboxylic acids is 1. The van der Waals surface area contributed by atoms with Gasteiger partial charge in [0.15, 0.2) is 5.13 Å². The summed E-state index contributed by atoms with van der Waals surface area (Å²) in [6.07, 6.45) is 4.01. The average molecular weight is 360 g/mol. The second kappa shape index (κ2) is 7.42. The third-order valence-corrected chi connectivity index (χ3v) is 4.43. The van der Waals surface area contributed by atoms with Crippen molar-refractivity contribution in [3.63, 3.8) is 0 Å². The molecule has 0 saturated heterocycles. The van der Waals surface area contributed by atoms with Gasteiger partial charge in [-0.05, 0) is 23.8 Å². The van der Waals surface area contributed by atoms with Crippen LogP contribution in [0.3, 0.4) is 0 Å². The SMILES string of the molecule is O=C(Cn1ccccc1=O)Nc1ncc(Cc2cccc(Cl)c2)s1. The molecule has 0 aliphatic heterocycles. The summed E-state index contributed by atoms with van der Waals surface area (Å²) < 4.78 is 1.34. The maximum atomic E-state index is 12.0. The predicted molar refractivity (Wildman–Crippen MR) is 95.7 cm³/mol. The smallest absolute Gasteiger partial charge is 0.250 e. The van der Waals surface area contributed by atoms with E-state index in [-0.39, 0.29) is 18.0 Å². The van der Waals surface area contributed by atoms with E-state index in [4.69, 9.17) is 11.6 Å². The number of pyridine rings is 1. The predicted octanol–water partition coefficient (Wildman–Crippen LogP) is 3.19. The molecule has 3 rings (SSSR count). The number of benzene rings is 1. The summed E-state index contributed by atoms with van der Waals surface area (Å²) >= 11 is 7.38. The van der Waals surface area contributed by atoms with Crippen molar-refractivity contribution in [1.82, 2.24) is 9.55 Å². The van der Waals surface area contributed by atoms with E-state index in [1.54, 1.807) is 24.5 Å². The Morgan fingerprint density at radius 3 is 2.92 bits per heavy atom. The van der Waals surface area contributed by atoms with E-state index >= 15 is 0 Å². The second-order valence-corrected chi connectivity index (χ2v) is 6.71. The first-order valence-corrected chi connectivity index (χ1v) is 8.44. The quantitative estimate of drug-likeness (QED) is 0.761. The van der Waals surface area contributed by atoms with Crippen LogP contribution in [0.5, 0.6) is 0 Å². The van der Waals surface area contributed by atoms with Gasteiger partial charge in [-0.15, -0.1) is 11.3 Å². The van der Waals surface area contributed by atoms with E-state index in [0.717, 1.165) is 10.4 Å². The first kappa shape index (κ1) is 16.4. The first-order valence-electron chi connectivity index (χ1n) is 7.24. The van der Waals surface area contributed by atoms with Gasteiger partial charge in [0.2, 0.25) is 5.91 Å². The summed E-state index contributed by atoms with van der Waals surface area (Å²) in [4.78, 5) is 28.8. The van der Waals surface area contributed by atoms with Gasteiger partial charge < -0.3 is 9.88 Å². The molecule has 0 fully saturated rings. The molecule has 7 heteroatoms. The van der Waals surface area contributed by atoms with Crippen molar-refractivity contribution in [3.05, 3.63) is 80.7 Å². The van der Waals surface area contributed by atoms with Crippen molar-refractivity contribution >= 4 is 34.0 Å². The average Bonchev–Trinajstić information content (AvgIpc) is 2.96. The Bertz CT molecular complexity index is 920. The molecule has 1 amide bonds. The normalized spacial score (nSPS) is 10.5. The molecule has 0 unspecified atom stereocenters. The Morgan fingerprint density at radius 2 is 2.12 bits per heavy atom. The van der Waals surface area contributed by atoms with Gasteiger partial charge in [-0.1, -0.05) is 29.8 Å². The van der Waals surface area contributed by atoms with Gasteiger partial charge in [-0.2, -0.15) is 0 Å². The summed E-state index contributed by atoms with van der Waals surface area (Å²) in [7, 11) is 0. The van der Waals surface area contributed by atoms with E-state index < -0.39 is 0 Å². The third-order valence-electron chi connectivity index (χ3n) is 3.28. The van der Waals surface area contributed by atoms with Crippen molar-refractivity contribution in [1.29, 1.82) is 0 Å². The number of halogens is 1. The van der Waals surface area contributed by atoms with Crippen LogP contribution in [0.15, 0.2) is 59.7 Å². The van der Waals surface area contributed by atoms with Gasteiger partial charge >= 0.3 is 0 Å². The molecule has 5 nitrogen and oxygen atoms in total. The third kappa shape index (κ3) is 4.31. The Morgan fingerprint density at radius 1 is 1.25 bits per heavy atom. The lowest BCUT2D eigenvalue weighted by Gasteiger charge is -2.04. The van der Waals surface area contributed by atoms with Crippen LogP contribution in [0.4, 0.5) is 5.13 Å². The molecule has 0 bridgehead atoms. The molecule has 0 aliphatic rings. The molecule has 3 aromatic rings. The fraction of sp³-hybridized carbons (Fsp3) is 0.118. The lowest BCUT2D eigenvalue weighted by molar-refractivity contribution is -0.116. The lowest BCUT2D eigenvalue weighted by atomic mass is 10.1. The zero-order chi connectivity index (χ0) is 16.9. The van der Waals surface area contributed by atoms with Crippen LogP contribution >= 0.6 is 22.9 Å². The molecular weight excluding hydrogens is 346 g/mol. The minimum absolute atomic E-state index is 0.0388. The lowest BCUT2D eigenvalue weighted by Crippen LogP contribution is -2.26. The maximum absolute atomic E-state index is 12.0. The molecule has 1 N–H and O–H groups in total. The van der Waals surface area contributed by atoms with E-state index in [9.17, 15) is 9.59 Å². The first-order chi connectivity index (χ1) is 11.6. The summed E-state index contributed by atoms with van der Waals surface area (Å²) in [5.74, 6) is -0.285. The highest BCUT2D eigenvalue weighted by Gasteiger charge is 2.08. The van der Waals surface area contributed by atoms with E-state index in [1.165, 1.54) is 22.0 Å². The Hall–Kier alpha value is -2.44. The topological polar surface area (TPSA) is 64.0 Å². The fourth-order valence-electron chi connectivity index (χ4n) is 2.20. The standard InChI is InChI=1S/C17H14ClN3O2S/c18-13-5-3-4-12(8-13)9-14-10-19-17(24-14)20-15(22)11-21-7-2-1-6-16(21)23/h1-8,10H,9,11H2,(H,19,20,22). The van der Waals surface area contributed by atoms with Crippen LogP contribution in [0.25, 0.3) is 0 Å². The number of nitrogens with zero attached hydrogens (tertiary/aromatic N) is 2. The molecule has 122 valence electrons. The molecule has 0 atom stereocenters. The Labute approximate surface area is 147 Å². The van der Waals surface area contributed by atoms with Crippen LogP contribution in [0, 0.1) is 0 Å². The van der Waals surface area contributed by atoms with E-state index in [1.807, 2.05) is 24.3 Å². The molecule has 1 aromatic carbocycles. The highest BCUT2D eigenvalue weighted by molar-refractivity contribution is 7.15. The number of hydrogen-bond donors (Lipinski definition) is 1. The van der Waals surface area contributed by atoms with Gasteiger partial charge in [0, 0.05) is 34.8 Å². The molecular formula is C17H14ClN3O2S. The highest BCUT2D eigenvalue weighted by Crippen LogP contribution is 2.22. The fourth-order valence-corrected chi connectivity index (χ4v) is 3.28. The number of amides is 1. The highest BCUT2D eigenvalue weighted by atomic mass is 35.5. The summed E-state index contributed by atoms with van der Waals surface area (Å²) in [5, 5.41) is 3.93. The number of carbonyl (C=O) groups is 1. The van der Waals surface area contributed by atoms with Crippen molar-refractivity contribution in [2.75, 3.05) is 5.32 Å². The summed E-state index contributed by atoms with van der Waals surface area (Å²) in [5.41, 5.74) is 0.869. The Balaban J connectivity index is 1.62.